The first-order chi connectivity index (χ1) is 7.43. The van der Waals surface area contributed by atoms with E-state index in [4.69, 9.17) is 14.2 Å². The van der Waals surface area contributed by atoms with E-state index < -0.39 is 0 Å². The van der Waals surface area contributed by atoms with Gasteiger partial charge in [-0.05, 0) is 5.56 Å². The summed E-state index contributed by atoms with van der Waals surface area (Å²) in [6.45, 7) is 3.16. The summed E-state index contributed by atoms with van der Waals surface area (Å²) in [7, 11) is 1.66. The van der Waals surface area contributed by atoms with Crippen LogP contribution in [0.2, 0.25) is 0 Å². The van der Waals surface area contributed by atoms with Gasteiger partial charge in [0.25, 0.3) is 0 Å². The van der Waals surface area contributed by atoms with Crippen LogP contribution in [0.5, 0.6) is 0 Å². The molecule has 0 aromatic heterocycles. The third-order valence-electron chi connectivity index (χ3n) is 1.92. The molecule has 1 aromatic carbocycles. The van der Waals surface area contributed by atoms with Crippen molar-refractivity contribution in [1.29, 1.82) is 0 Å². The van der Waals surface area contributed by atoms with Gasteiger partial charge in [0.2, 0.25) is 0 Å². The standard InChI is InChI=1S/C12H18O3/c1-13-7-8-14-9-10-15-11-12-5-3-2-4-6-12/h2-6H,7-11H2,1H3. The number of hydrogen-bond acceptors (Lipinski definition) is 3. The van der Waals surface area contributed by atoms with E-state index in [-0.39, 0.29) is 0 Å². The molecule has 0 aliphatic carbocycles. The molecule has 0 fully saturated rings. The topological polar surface area (TPSA) is 27.7 Å². The summed E-state index contributed by atoms with van der Waals surface area (Å²) in [5.41, 5.74) is 1.19. The van der Waals surface area contributed by atoms with Gasteiger partial charge in [0.05, 0.1) is 33.0 Å². The van der Waals surface area contributed by atoms with Crippen LogP contribution in [0.15, 0.2) is 30.3 Å². The van der Waals surface area contributed by atoms with Gasteiger partial charge < -0.3 is 14.2 Å². The van der Waals surface area contributed by atoms with Gasteiger partial charge in [-0.2, -0.15) is 0 Å². The predicted molar refractivity (Wildman–Crippen MR) is 58.8 cm³/mol. The predicted octanol–water partition coefficient (Wildman–Crippen LogP) is 1.87. The van der Waals surface area contributed by atoms with Gasteiger partial charge in [-0.3, -0.25) is 0 Å². The monoisotopic (exact) mass is 210 g/mol. The van der Waals surface area contributed by atoms with Gasteiger partial charge in [-0.15, -0.1) is 0 Å². The van der Waals surface area contributed by atoms with Crippen molar-refractivity contribution in [3.05, 3.63) is 35.9 Å². The maximum atomic E-state index is 5.43. The maximum Gasteiger partial charge on any atom is 0.0718 e. The van der Waals surface area contributed by atoms with E-state index in [0.29, 0.717) is 33.0 Å². The van der Waals surface area contributed by atoms with Crippen LogP contribution >= 0.6 is 0 Å². The molecular formula is C12H18O3. The zero-order valence-corrected chi connectivity index (χ0v) is 9.15. The average molecular weight is 210 g/mol. The van der Waals surface area contributed by atoms with E-state index in [2.05, 4.69) is 0 Å². The molecule has 0 aliphatic rings. The van der Waals surface area contributed by atoms with E-state index in [1.165, 1.54) is 5.56 Å². The second-order valence-corrected chi connectivity index (χ2v) is 3.14. The molecule has 1 rings (SSSR count). The Kier molecular flexibility index (Phi) is 6.83. The second kappa shape index (κ2) is 8.41. The van der Waals surface area contributed by atoms with Crippen LogP contribution in [-0.2, 0) is 20.8 Å². The van der Waals surface area contributed by atoms with Gasteiger partial charge in [-0.1, -0.05) is 30.3 Å². The maximum absolute atomic E-state index is 5.43. The molecular weight excluding hydrogens is 192 g/mol. The molecule has 84 valence electrons. The lowest BCUT2D eigenvalue weighted by atomic mass is 10.2. The van der Waals surface area contributed by atoms with Crippen LogP contribution in [0, 0.1) is 0 Å². The zero-order chi connectivity index (χ0) is 10.8. The normalized spacial score (nSPS) is 10.5. The van der Waals surface area contributed by atoms with E-state index in [1.807, 2.05) is 30.3 Å². The van der Waals surface area contributed by atoms with Crippen molar-refractivity contribution < 1.29 is 14.2 Å². The first-order valence-electron chi connectivity index (χ1n) is 5.12. The zero-order valence-electron chi connectivity index (χ0n) is 9.15. The number of hydrogen-bond donors (Lipinski definition) is 0. The first kappa shape index (κ1) is 12.2. The van der Waals surface area contributed by atoms with Crippen LogP contribution in [0.25, 0.3) is 0 Å². The molecule has 0 bridgehead atoms. The van der Waals surface area contributed by atoms with Gasteiger partial charge in [0, 0.05) is 7.11 Å². The highest BCUT2D eigenvalue weighted by Crippen LogP contribution is 1.99. The molecule has 3 nitrogen and oxygen atoms in total. The van der Waals surface area contributed by atoms with Crippen LogP contribution < -0.4 is 0 Å². The molecule has 0 unspecified atom stereocenters. The van der Waals surface area contributed by atoms with Crippen LogP contribution in [0.1, 0.15) is 5.56 Å². The third kappa shape index (κ3) is 6.23. The Morgan fingerprint density at radius 3 is 2.27 bits per heavy atom. The van der Waals surface area contributed by atoms with Crippen molar-refractivity contribution in [2.45, 2.75) is 6.61 Å². The highest BCUT2D eigenvalue weighted by Gasteiger charge is 1.92. The van der Waals surface area contributed by atoms with Crippen molar-refractivity contribution in [3.8, 4) is 0 Å². The highest BCUT2D eigenvalue weighted by atomic mass is 16.5. The lowest BCUT2D eigenvalue weighted by Gasteiger charge is -2.05. The number of benzene rings is 1. The lowest BCUT2D eigenvalue weighted by Crippen LogP contribution is -2.08. The fraction of sp³-hybridized carbons (Fsp3) is 0.500. The Morgan fingerprint density at radius 2 is 1.53 bits per heavy atom. The minimum Gasteiger partial charge on any atom is -0.382 e. The minimum absolute atomic E-state index is 0.621. The number of methoxy groups -OCH3 is 1. The molecule has 0 atom stereocenters. The Hall–Kier alpha value is -0.900. The third-order valence-corrected chi connectivity index (χ3v) is 1.92. The molecule has 0 N–H and O–H groups in total. The molecule has 3 heteroatoms. The van der Waals surface area contributed by atoms with Crippen LogP contribution in [0.3, 0.4) is 0 Å². The summed E-state index contributed by atoms with van der Waals surface area (Å²) in [5.74, 6) is 0. The lowest BCUT2D eigenvalue weighted by molar-refractivity contribution is 0.0199. The molecule has 0 saturated carbocycles. The van der Waals surface area contributed by atoms with Gasteiger partial charge in [0.15, 0.2) is 0 Å². The average Bonchev–Trinajstić information content (AvgIpc) is 2.29. The van der Waals surface area contributed by atoms with Crippen LogP contribution in [-0.4, -0.2) is 33.5 Å². The molecule has 15 heavy (non-hydrogen) atoms. The fourth-order valence-corrected chi connectivity index (χ4v) is 1.13. The van der Waals surface area contributed by atoms with Crippen molar-refractivity contribution in [2.75, 3.05) is 33.5 Å². The SMILES string of the molecule is COCCOCCOCc1ccccc1. The number of rotatable bonds is 8. The Labute approximate surface area is 91.0 Å². The fourth-order valence-electron chi connectivity index (χ4n) is 1.13. The largest absolute Gasteiger partial charge is 0.382 e. The van der Waals surface area contributed by atoms with Crippen molar-refractivity contribution in [3.63, 3.8) is 0 Å². The molecule has 0 amide bonds. The quantitative estimate of drug-likeness (QED) is 0.613. The summed E-state index contributed by atoms with van der Waals surface area (Å²) in [6.07, 6.45) is 0. The second-order valence-electron chi connectivity index (χ2n) is 3.14. The molecule has 0 saturated heterocycles. The molecule has 0 heterocycles. The summed E-state index contributed by atoms with van der Waals surface area (Å²) in [6, 6.07) is 10.1. The number of ether oxygens (including phenoxy) is 3. The van der Waals surface area contributed by atoms with Crippen molar-refractivity contribution >= 4 is 0 Å². The van der Waals surface area contributed by atoms with E-state index in [1.54, 1.807) is 7.11 Å². The van der Waals surface area contributed by atoms with E-state index in [0.717, 1.165) is 0 Å². The molecule has 0 spiro atoms. The molecule has 0 aliphatic heterocycles. The summed E-state index contributed by atoms with van der Waals surface area (Å²) in [5, 5.41) is 0. The van der Waals surface area contributed by atoms with Gasteiger partial charge >= 0.3 is 0 Å². The van der Waals surface area contributed by atoms with E-state index in [9.17, 15) is 0 Å². The minimum atomic E-state index is 0.621. The Bertz CT molecular complexity index is 236. The van der Waals surface area contributed by atoms with Crippen molar-refractivity contribution in [1.82, 2.24) is 0 Å². The van der Waals surface area contributed by atoms with Crippen molar-refractivity contribution in [2.24, 2.45) is 0 Å². The van der Waals surface area contributed by atoms with Crippen LogP contribution in [0.4, 0.5) is 0 Å². The smallest absolute Gasteiger partial charge is 0.0718 e. The van der Waals surface area contributed by atoms with Gasteiger partial charge in [-0.25, -0.2) is 0 Å². The summed E-state index contributed by atoms with van der Waals surface area (Å²) in [4.78, 5) is 0. The highest BCUT2D eigenvalue weighted by molar-refractivity contribution is 5.13. The Morgan fingerprint density at radius 1 is 0.867 bits per heavy atom. The summed E-state index contributed by atoms with van der Waals surface area (Å²) >= 11 is 0. The first-order valence-corrected chi connectivity index (χ1v) is 5.12. The summed E-state index contributed by atoms with van der Waals surface area (Å²) < 4.78 is 15.5. The Balaban J connectivity index is 1.93. The molecule has 1 aromatic rings. The van der Waals surface area contributed by atoms with E-state index >= 15 is 0 Å². The molecule has 0 radical (unpaired) electrons. The van der Waals surface area contributed by atoms with Gasteiger partial charge in [0.1, 0.15) is 0 Å².